The van der Waals surface area contributed by atoms with Crippen LogP contribution < -0.4 is 5.32 Å². The average Bonchev–Trinajstić information content (AvgIpc) is 3.14. The zero-order valence-corrected chi connectivity index (χ0v) is 12.5. The lowest BCUT2D eigenvalue weighted by molar-refractivity contribution is -0.132. The minimum atomic E-state index is -0.0860. The zero-order chi connectivity index (χ0) is 14.8. The lowest BCUT2D eigenvalue weighted by Gasteiger charge is -2.27. The molecule has 6 heteroatoms. The molecule has 1 aromatic rings. The molecule has 1 aromatic heterocycles. The molecular weight excluding hydrogens is 268 g/mol. The summed E-state index contributed by atoms with van der Waals surface area (Å²) in [6.07, 6.45) is 5.04. The fourth-order valence-electron chi connectivity index (χ4n) is 3.14. The standard InChI is InChI=1S/C15H22N4O2/c1-2-14(20)18-7-8-19-12(10-18)9-13(17-19)15(21)16-11-5-3-4-6-11/h9,11H,2-8,10H2,1H3,(H,16,21). The van der Waals surface area contributed by atoms with Gasteiger partial charge in [0.05, 0.1) is 18.8 Å². The molecule has 1 aliphatic heterocycles. The maximum atomic E-state index is 12.2. The Morgan fingerprint density at radius 2 is 2.10 bits per heavy atom. The summed E-state index contributed by atoms with van der Waals surface area (Å²) in [6.45, 7) is 3.76. The molecule has 2 heterocycles. The van der Waals surface area contributed by atoms with Gasteiger partial charge in [-0.15, -0.1) is 0 Å². The van der Waals surface area contributed by atoms with Crippen LogP contribution in [0.25, 0.3) is 0 Å². The number of aromatic nitrogens is 2. The topological polar surface area (TPSA) is 67.2 Å². The number of amides is 2. The highest BCUT2D eigenvalue weighted by Gasteiger charge is 2.24. The van der Waals surface area contributed by atoms with Crippen LogP contribution in [0.3, 0.4) is 0 Å². The molecule has 2 amide bonds. The number of carbonyl (C=O) groups excluding carboxylic acids is 2. The summed E-state index contributed by atoms with van der Waals surface area (Å²) in [6, 6.07) is 2.12. The van der Waals surface area contributed by atoms with Gasteiger partial charge >= 0.3 is 0 Å². The molecule has 3 rings (SSSR count). The summed E-state index contributed by atoms with van der Waals surface area (Å²) in [5.74, 6) is 0.0663. The molecule has 6 nitrogen and oxygen atoms in total. The van der Waals surface area contributed by atoms with E-state index in [1.165, 1.54) is 12.8 Å². The summed E-state index contributed by atoms with van der Waals surface area (Å²) in [5, 5.41) is 7.43. The molecule has 0 bridgehead atoms. The van der Waals surface area contributed by atoms with Crippen molar-refractivity contribution in [2.75, 3.05) is 6.54 Å². The minimum Gasteiger partial charge on any atom is -0.348 e. The van der Waals surface area contributed by atoms with Crippen LogP contribution in [0.4, 0.5) is 0 Å². The lowest BCUT2D eigenvalue weighted by Crippen LogP contribution is -2.38. The van der Waals surface area contributed by atoms with E-state index >= 15 is 0 Å². The summed E-state index contributed by atoms with van der Waals surface area (Å²) < 4.78 is 1.85. The van der Waals surface area contributed by atoms with Gasteiger partial charge in [0.2, 0.25) is 5.91 Å². The smallest absolute Gasteiger partial charge is 0.272 e. The Bertz CT molecular complexity index is 546. The van der Waals surface area contributed by atoms with Crippen molar-refractivity contribution in [1.29, 1.82) is 0 Å². The average molecular weight is 290 g/mol. The molecule has 0 radical (unpaired) electrons. The maximum absolute atomic E-state index is 12.2. The van der Waals surface area contributed by atoms with Crippen molar-refractivity contribution in [1.82, 2.24) is 20.0 Å². The molecule has 1 N–H and O–H groups in total. The van der Waals surface area contributed by atoms with E-state index in [0.717, 1.165) is 18.5 Å². The summed E-state index contributed by atoms with van der Waals surface area (Å²) in [4.78, 5) is 25.8. The van der Waals surface area contributed by atoms with Crippen molar-refractivity contribution < 1.29 is 9.59 Å². The van der Waals surface area contributed by atoms with Crippen molar-refractivity contribution in [3.8, 4) is 0 Å². The second-order valence-electron chi connectivity index (χ2n) is 5.87. The molecule has 1 fully saturated rings. The monoisotopic (exact) mass is 290 g/mol. The molecule has 0 spiro atoms. The first-order valence-corrected chi connectivity index (χ1v) is 7.82. The van der Waals surface area contributed by atoms with Gasteiger partial charge in [-0.05, 0) is 18.9 Å². The number of carbonyl (C=O) groups is 2. The van der Waals surface area contributed by atoms with Gasteiger partial charge in [0.1, 0.15) is 0 Å². The normalized spacial score (nSPS) is 18.6. The highest BCUT2D eigenvalue weighted by Crippen LogP contribution is 2.19. The van der Waals surface area contributed by atoms with E-state index in [4.69, 9.17) is 0 Å². The zero-order valence-electron chi connectivity index (χ0n) is 12.5. The maximum Gasteiger partial charge on any atom is 0.272 e. The third-order valence-electron chi connectivity index (χ3n) is 4.38. The first-order chi connectivity index (χ1) is 10.2. The van der Waals surface area contributed by atoms with Crippen LogP contribution in [0, 0.1) is 0 Å². The summed E-state index contributed by atoms with van der Waals surface area (Å²) >= 11 is 0. The van der Waals surface area contributed by atoms with Gasteiger partial charge in [0.15, 0.2) is 5.69 Å². The molecule has 114 valence electrons. The molecular formula is C15H22N4O2. The van der Waals surface area contributed by atoms with Gasteiger partial charge < -0.3 is 10.2 Å². The summed E-state index contributed by atoms with van der Waals surface area (Å²) in [7, 11) is 0. The molecule has 0 saturated heterocycles. The van der Waals surface area contributed by atoms with Crippen LogP contribution in [0.1, 0.15) is 55.2 Å². The van der Waals surface area contributed by atoms with Crippen LogP contribution >= 0.6 is 0 Å². The van der Waals surface area contributed by atoms with Gasteiger partial charge in [-0.3, -0.25) is 14.3 Å². The Balaban J connectivity index is 1.68. The Hall–Kier alpha value is -1.85. The molecule has 1 aliphatic carbocycles. The number of hydrogen-bond acceptors (Lipinski definition) is 3. The van der Waals surface area contributed by atoms with E-state index in [-0.39, 0.29) is 11.8 Å². The number of hydrogen-bond donors (Lipinski definition) is 1. The first kappa shape index (κ1) is 14.1. The highest BCUT2D eigenvalue weighted by atomic mass is 16.2. The molecule has 21 heavy (non-hydrogen) atoms. The van der Waals surface area contributed by atoms with Gasteiger partial charge in [-0.1, -0.05) is 19.8 Å². The van der Waals surface area contributed by atoms with Crippen molar-refractivity contribution in [3.63, 3.8) is 0 Å². The molecule has 0 unspecified atom stereocenters. The van der Waals surface area contributed by atoms with Crippen molar-refractivity contribution in [2.45, 2.75) is 58.2 Å². The number of nitrogens with one attached hydrogen (secondary N) is 1. The van der Waals surface area contributed by atoms with Crippen LogP contribution in [-0.2, 0) is 17.9 Å². The van der Waals surface area contributed by atoms with Gasteiger partial charge in [0.25, 0.3) is 5.91 Å². The van der Waals surface area contributed by atoms with Gasteiger partial charge in [0, 0.05) is 19.0 Å². The second kappa shape index (κ2) is 5.87. The predicted octanol–water partition coefficient (Wildman–Crippen LogP) is 1.31. The predicted molar refractivity (Wildman–Crippen MR) is 77.7 cm³/mol. The SMILES string of the molecule is CCC(=O)N1CCn2nc(C(=O)NC3CCCC3)cc2C1. The van der Waals surface area contributed by atoms with Crippen LogP contribution in [0.5, 0.6) is 0 Å². The van der Waals surface area contributed by atoms with E-state index in [2.05, 4.69) is 10.4 Å². The summed E-state index contributed by atoms with van der Waals surface area (Å²) in [5.41, 5.74) is 1.42. The van der Waals surface area contributed by atoms with E-state index in [9.17, 15) is 9.59 Å². The third-order valence-corrected chi connectivity index (χ3v) is 4.38. The Kier molecular flexibility index (Phi) is 3.94. The van der Waals surface area contributed by atoms with Crippen molar-refractivity contribution >= 4 is 11.8 Å². The minimum absolute atomic E-state index is 0.0860. The third kappa shape index (κ3) is 2.94. The highest BCUT2D eigenvalue weighted by molar-refractivity contribution is 5.92. The van der Waals surface area contributed by atoms with Crippen LogP contribution in [-0.4, -0.2) is 39.1 Å². The lowest BCUT2D eigenvalue weighted by atomic mass is 10.2. The van der Waals surface area contributed by atoms with E-state index in [0.29, 0.717) is 37.8 Å². The molecule has 2 aliphatic rings. The molecule has 1 saturated carbocycles. The Labute approximate surface area is 124 Å². The van der Waals surface area contributed by atoms with Crippen molar-refractivity contribution in [3.05, 3.63) is 17.5 Å². The van der Waals surface area contributed by atoms with Crippen molar-refractivity contribution in [2.24, 2.45) is 0 Å². The van der Waals surface area contributed by atoms with Gasteiger partial charge in [-0.25, -0.2) is 0 Å². The van der Waals surface area contributed by atoms with E-state index in [1.54, 1.807) is 0 Å². The largest absolute Gasteiger partial charge is 0.348 e. The Morgan fingerprint density at radius 3 is 2.81 bits per heavy atom. The Morgan fingerprint density at radius 1 is 1.33 bits per heavy atom. The number of fused-ring (bicyclic) bond motifs is 1. The number of nitrogens with zero attached hydrogens (tertiary/aromatic N) is 3. The quantitative estimate of drug-likeness (QED) is 0.912. The van der Waals surface area contributed by atoms with E-state index < -0.39 is 0 Å². The van der Waals surface area contributed by atoms with Crippen LogP contribution in [0.2, 0.25) is 0 Å². The van der Waals surface area contributed by atoms with Gasteiger partial charge in [-0.2, -0.15) is 5.10 Å². The molecule has 0 atom stereocenters. The first-order valence-electron chi connectivity index (χ1n) is 7.82. The fourth-order valence-corrected chi connectivity index (χ4v) is 3.14. The van der Waals surface area contributed by atoms with E-state index in [1.807, 2.05) is 22.6 Å². The fraction of sp³-hybridized carbons (Fsp3) is 0.667. The van der Waals surface area contributed by atoms with Crippen LogP contribution in [0.15, 0.2) is 6.07 Å². The second-order valence-corrected chi connectivity index (χ2v) is 5.87. The molecule has 0 aromatic carbocycles. The number of rotatable bonds is 3.